The van der Waals surface area contributed by atoms with Crippen molar-refractivity contribution in [3.8, 4) is 11.5 Å². The van der Waals surface area contributed by atoms with Crippen LogP contribution in [0.25, 0.3) is 0 Å². The molecule has 0 aliphatic heterocycles. The van der Waals surface area contributed by atoms with Crippen LogP contribution in [0, 0.1) is 0 Å². The highest BCUT2D eigenvalue weighted by atomic mass is 32.2. The van der Waals surface area contributed by atoms with E-state index in [1.165, 1.54) is 0 Å². The average molecular weight is 302 g/mol. The lowest BCUT2D eigenvalue weighted by atomic mass is 10.0. The summed E-state index contributed by atoms with van der Waals surface area (Å²) in [4.78, 5) is 13.5. The van der Waals surface area contributed by atoms with Crippen molar-refractivity contribution in [3.05, 3.63) is 53.6 Å². The van der Waals surface area contributed by atoms with Crippen LogP contribution in [0.3, 0.4) is 0 Å². The maximum absolute atomic E-state index is 12.5. The molecule has 2 aromatic rings. The molecule has 0 aliphatic carbocycles. The Morgan fingerprint density at radius 3 is 2.43 bits per heavy atom. The first kappa shape index (κ1) is 15.4. The van der Waals surface area contributed by atoms with E-state index in [-0.39, 0.29) is 5.78 Å². The molecule has 0 saturated heterocycles. The van der Waals surface area contributed by atoms with Gasteiger partial charge in [-0.15, -0.1) is 11.8 Å². The van der Waals surface area contributed by atoms with Crippen LogP contribution >= 0.6 is 11.8 Å². The maximum Gasteiger partial charge on any atom is 0.168 e. The zero-order valence-electron chi connectivity index (χ0n) is 12.4. The molecule has 0 aromatic heterocycles. The van der Waals surface area contributed by atoms with Crippen LogP contribution in [0.15, 0.2) is 47.4 Å². The molecule has 0 amide bonds. The summed E-state index contributed by atoms with van der Waals surface area (Å²) in [7, 11) is 3.18. The number of ether oxygens (including phenoxy) is 2. The number of Topliss-reactive ketones (excluding diaryl/α,β-unsaturated/α-hetero) is 1. The lowest BCUT2D eigenvalue weighted by molar-refractivity contribution is 0.0990. The molecule has 110 valence electrons. The van der Waals surface area contributed by atoms with Crippen LogP contribution in [-0.2, 0) is 6.42 Å². The Kier molecular flexibility index (Phi) is 5.28. The zero-order valence-corrected chi connectivity index (χ0v) is 13.2. The molecule has 21 heavy (non-hydrogen) atoms. The highest BCUT2D eigenvalue weighted by Crippen LogP contribution is 2.28. The number of ketones is 1. The number of hydrogen-bond acceptors (Lipinski definition) is 4. The van der Waals surface area contributed by atoms with Crippen molar-refractivity contribution < 1.29 is 14.3 Å². The molecule has 2 rings (SSSR count). The summed E-state index contributed by atoms with van der Waals surface area (Å²) >= 11 is 1.58. The minimum Gasteiger partial charge on any atom is -0.493 e. The summed E-state index contributed by atoms with van der Waals surface area (Å²) in [6.07, 6.45) is 2.32. The molecule has 0 aliphatic rings. The molecule has 0 bridgehead atoms. The third-order valence-corrected chi connectivity index (χ3v) is 4.02. The van der Waals surface area contributed by atoms with E-state index in [1.807, 2.05) is 48.7 Å². The molecule has 4 heteroatoms. The van der Waals surface area contributed by atoms with Crippen molar-refractivity contribution in [2.75, 3.05) is 20.5 Å². The summed E-state index contributed by atoms with van der Waals surface area (Å²) in [6.45, 7) is 0. The topological polar surface area (TPSA) is 35.5 Å². The summed E-state index contributed by atoms with van der Waals surface area (Å²) in [5, 5.41) is 0. The molecular formula is C17H18O3S. The fourth-order valence-electron chi connectivity index (χ4n) is 2.15. The monoisotopic (exact) mass is 302 g/mol. The van der Waals surface area contributed by atoms with E-state index in [0.717, 1.165) is 16.0 Å². The van der Waals surface area contributed by atoms with E-state index >= 15 is 0 Å². The fraction of sp³-hybridized carbons (Fsp3) is 0.235. The highest BCUT2D eigenvalue weighted by Gasteiger charge is 2.13. The second kappa shape index (κ2) is 7.18. The first-order valence-corrected chi connectivity index (χ1v) is 7.79. The van der Waals surface area contributed by atoms with E-state index in [2.05, 4.69) is 0 Å². The van der Waals surface area contributed by atoms with Crippen LogP contribution in [0.5, 0.6) is 11.5 Å². The Morgan fingerprint density at radius 2 is 1.76 bits per heavy atom. The average Bonchev–Trinajstić information content (AvgIpc) is 2.54. The van der Waals surface area contributed by atoms with Crippen LogP contribution in [0.2, 0.25) is 0 Å². The lowest BCUT2D eigenvalue weighted by Crippen LogP contribution is -2.05. The third kappa shape index (κ3) is 3.58. The van der Waals surface area contributed by atoms with Crippen molar-refractivity contribution in [1.82, 2.24) is 0 Å². The van der Waals surface area contributed by atoms with Gasteiger partial charge in [-0.2, -0.15) is 0 Å². The van der Waals surface area contributed by atoms with Crippen LogP contribution in [0.4, 0.5) is 0 Å². The van der Waals surface area contributed by atoms with Crippen LogP contribution in [-0.4, -0.2) is 26.3 Å². The van der Waals surface area contributed by atoms with E-state index in [0.29, 0.717) is 17.9 Å². The van der Waals surface area contributed by atoms with E-state index in [4.69, 9.17) is 9.47 Å². The van der Waals surface area contributed by atoms with Crippen molar-refractivity contribution in [2.45, 2.75) is 11.3 Å². The predicted octanol–water partition coefficient (Wildman–Crippen LogP) is 3.85. The van der Waals surface area contributed by atoms with E-state index < -0.39 is 0 Å². The largest absolute Gasteiger partial charge is 0.493 e. The Morgan fingerprint density at radius 1 is 1.05 bits per heavy atom. The molecule has 0 atom stereocenters. The second-order valence-electron chi connectivity index (χ2n) is 4.49. The van der Waals surface area contributed by atoms with Crippen molar-refractivity contribution in [3.63, 3.8) is 0 Å². The van der Waals surface area contributed by atoms with Gasteiger partial charge < -0.3 is 9.47 Å². The Balaban J connectivity index is 2.23. The van der Waals surface area contributed by atoms with Gasteiger partial charge in [-0.25, -0.2) is 0 Å². The first-order chi connectivity index (χ1) is 10.2. The van der Waals surface area contributed by atoms with Gasteiger partial charge in [-0.05, 0) is 30.0 Å². The Hall–Kier alpha value is -1.94. The molecule has 0 radical (unpaired) electrons. The van der Waals surface area contributed by atoms with Gasteiger partial charge in [0.15, 0.2) is 17.3 Å². The van der Waals surface area contributed by atoms with E-state index in [1.54, 1.807) is 26.0 Å². The molecular weight excluding hydrogens is 284 g/mol. The van der Waals surface area contributed by atoms with Gasteiger partial charge in [0.2, 0.25) is 0 Å². The molecule has 0 saturated carbocycles. The minimum atomic E-state index is 0.104. The number of carbonyl (C=O) groups is 1. The maximum atomic E-state index is 12.5. The van der Waals surface area contributed by atoms with Crippen molar-refractivity contribution in [2.24, 2.45) is 0 Å². The summed E-state index contributed by atoms with van der Waals surface area (Å²) in [5.74, 6) is 1.41. The highest BCUT2D eigenvalue weighted by molar-refractivity contribution is 7.98. The van der Waals surface area contributed by atoms with Crippen molar-refractivity contribution in [1.29, 1.82) is 0 Å². The van der Waals surface area contributed by atoms with Gasteiger partial charge in [-0.1, -0.05) is 24.3 Å². The molecule has 2 aromatic carbocycles. The minimum absolute atomic E-state index is 0.104. The normalized spacial score (nSPS) is 10.2. The first-order valence-electron chi connectivity index (χ1n) is 6.56. The van der Waals surface area contributed by atoms with Gasteiger partial charge in [0, 0.05) is 16.9 Å². The molecule has 3 nitrogen and oxygen atoms in total. The van der Waals surface area contributed by atoms with Crippen LogP contribution < -0.4 is 9.47 Å². The van der Waals surface area contributed by atoms with E-state index in [9.17, 15) is 4.79 Å². The third-order valence-electron chi connectivity index (χ3n) is 3.22. The Bertz CT molecular complexity index is 638. The number of hydrogen-bond donors (Lipinski definition) is 0. The number of benzene rings is 2. The summed E-state index contributed by atoms with van der Waals surface area (Å²) in [5.41, 5.74) is 1.67. The predicted molar refractivity (Wildman–Crippen MR) is 85.8 cm³/mol. The number of rotatable bonds is 6. The van der Waals surface area contributed by atoms with Gasteiger partial charge in [0.25, 0.3) is 0 Å². The van der Waals surface area contributed by atoms with Crippen molar-refractivity contribution >= 4 is 17.5 Å². The summed E-state index contributed by atoms with van der Waals surface area (Å²) in [6, 6.07) is 13.2. The number of methoxy groups -OCH3 is 2. The van der Waals surface area contributed by atoms with Gasteiger partial charge in [-0.3, -0.25) is 4.79 Å². The Labute approximate surface area is 129 Å². The fourth-order valence-corrected chi connectivity index (χ4v) is 2.76. The zero-order chi connectivity index (χ0) is 15.2. The SMILES string of the molecule is COc1ccc(CC(=O)c2ccccc2SC)cc1OC. The molecule has 0 N–H and O–H groups in total. The lowest BCUT2D eigenvalue weighted by Gasteiger charge is -2.10. The molecule has 0 unspecified atom stereocenters. The van der Waals surface area contributed by atoms with Gasteiger partial charge >= 0.3 is 0 Å². The smallest absolute Gasteiger partial charge is 0.168 e. The number of thioether (sulfide) groups is 1. The number of carbonyl (C=O) groups excluding carboxylic acids is 1. The summed E-state index contributed by atoms with van der Waals surface area (Å²) < 4.78 is 10.5. The molecule has 0 spiro atoms. The molecule has 0 heterocycles. The quantitative estimate of drug-likeness (QED) is 0.600. The standard InChI is InChI=1S/C17H18O3S/c1-19-15-9-8-12(11-16(15)20-2)10-14(18)13-6-4-5-7-17(13)21-3/h4-9,11H,10H2,1-3H3. The van der Waals surface area contributed by atoms with Gasteiger partial charge in [0.05, 0.1) is 14.2 Å². The van der Waals surface area contributed by atoms with Crippen LogP contribution in [0.1, 0.15) is 15.9 Å². The van der Waals surface area contributed by atoms with Gasteiger partial charge in [0.1, 0.15) is 0 Å². The second-order valence-corrected chi connectivity index (χ2v) is 5.34. The molecule has 0 fully saturated rings.